The molecule has 1 aromatic rings. The van der Waals surface area contributed by atoms with Crippen LogP contribution in [0.5, 0.6) is 11.5 Å². The number of hydrogen-bond acceptors (Lipinski definition) is 6. The van der Waals surface area contributed by atoms with Gasteiger partial charge in [-0.2, -0.15) is 0 Å². The van der Waals surface area contributed by atoms with E-state index in [4.69, 9.17) is 14.2 Å². The molecule has 3 rings (SSSR count). The van der Waals surface area contributed by atoms with Crippen LogP contribution in [0.3, 0.4) is 0 Å². The first kappa shape index (κ1) is 22.9. The molecule has 2 heterocycles. The molecule has 170 valence electrons. The van der Waals surface area contributed by atoms with Crippen molar-refractivity contribution < 1.29 is 33.7 Å². The van der Waals surface area contributed by atoms with Gasteiger partial charge in [-0.25, -0.2) is 4.79 Å². The average Bonchev–Trinajstić information content (AvgIpc) is 3.20. The molecule has 8 nitrogen and oxygen atoms in total. The molecule has 0 aliphatic carbocycles. The Kier molecular flexibility index (Phi) is 5.49. The van der Waals surface area contributed by atoms with Gasteiger partial charge < -0.3 is 24.2 Å². The summed E-state index contributed by atoms with van der Waals surface area (Å²) in [7, 11) is 0. The van der Waals surface area contributed by atoms with Crippen molar-refractivity contribution in [3.05, 3.63) is 23.8 Å². The number of rotatable bonds is 3. The summed E-state index contributed by atoms with van der Waals surface area (Å²) in [5.74, 6) is -1.00. The summed E-state index contributed by atoms with van der Waals surface area (Å²) in [5, 5.41) is 9.97. The SMILES string of the molecule is CC(C)(C)OC(=O)[C@@]1(C)C[C@@H](C(=O)O)N(C(=O)C(C)(C)C)[C@H]1c1ccc2c(c1)OCO2. The summed E-state index contributed by atoms with van der Waals surface area (Å²) in [6, 6.07) is 3.15. The minimum absolute atomic E-state index is 0.0574. The Morgan fingerprint density at radius 2 is 1.71 bits per heavy atom. The number of fused-ring (bicyclic) bond motifs is 1. The van der Waals surface area contributed by atoms with Crippen LogP contribution in [-0.2, 0) is 19.1 Å². The van der Waals surface area contributed by atoms with Gasteiger partial charge in [0, 0.05) is 5.41 Å². The molecule has 1 aromatic carbocycles. The van der Waals surface area contributed by atoms with E-state index in [0.29, 0.717) is 17.1 Å². The molecule has 3 atom stereocenters. The molecule has 0 unspecified atom stereocenters. The highest BCUT2D eigenvalue weighted by atomic mass is 16.7. The van der Waals surface area contributed by atoms with Crippen LogP contribution in [0.4, 0.5) is 0 Å². The predicted octanol–water partition coefficient (Wildman–Crippen LogP) is 3.54. The van der Waals surface area contributed by atoms with Crippen molar-refractivity contribution in [2.75, 3.05) is 6.79 Å². The molecule has 2 aliphatic rings. The van der Waals surface area contributed by atoms with Crippen LogP contribution in [0, 0.1) is 10.8 Å². The van der Waals surface area contributed by atoms with Crippen molar-refractivity contribution in [3.8, 4) is 11.5 Å². The van der Waals surface area contributed by atoms with Crippen LogP contribution in [0.25, 0.3) is 0 Å². The standard InChI is InChI=1S/C23H31NO7/c1-21(2,3)19(27)24-14(18(25)26)11-23(7,20(28)31-22(4,5)6)17(24)13-8-9-15-16(10-13)30-12-29-15/h8-10,14,17H,11-12H2,1-7H3,(H,25,26)/t14-,17-,23-/m0/s1. The largest absolute Gasteiger partial charge is 0.480 e. The summed E-state index contributed by atoms with van der Waals surface area (Å²) in [5.41, 5.74) is -2.29. The number of likely N-dealkylation sites (tertiary alicyclic amines) is 1. The normalized spacial score (nSPS) is 25.5. The Morgan fingerprint density at radius 3 is 2.26 bits per heavy atom. The molecule has 31 heavy (non-hydrogen) atoms. The maximum atomic E-state index is 13.4. The smallest absolute Gasteiger partial charge is 0.326 e. The lowest BCUT2D eigenvalue weighted by atomic mass is 9.77. The van der Waals surface area contributed by atoms with Crippen molar-refractivity contribution in [1.82, 2.24) is 4.90 Å². The Hall–Kier alpha value is -2.77. The van der Waals surface area contributed by atoms with E-state index >= 15 is 0 Å². The van der Waals surface area contributed by atoms with Crippen molar-refractivity contribution in [3.63, 3.8) is 0 Å². The molecular formula is C23H31NO7. The van der Waals surface area contributed by atoms with E-state index in [9.17, 15) is 19.5 Å². The lowest BCUT2D eigenvalue weighted by molar-refractivity contribution is -0.169. The van der Waals surface area contributed by atoms with E-state index in [1.807, 2.05) is 0 Å². The Labute approximate surface area is 182 Å². The van der Waals surface area contributed by atoms with Crippen molar-refractivity contribution in [2.24, 2.45) is 10.8 Å². The van der Waals surface area contributed by atoms with Gasteiger partial charge in [0.2, 0.25) is 12.7 Å². The zero-order valence-electron chi connectivity index (χ0n) is 19.1. The van der Waals surface area contributed by atoms with E-state index in [1.165, 1.54) is 4.90 Å². The van der Waals surface area contributed by atoms with Gasteiger partial charge in [0.25, 0.3) is 0 Å². The number of ether oxygens (including phenoxy) is 3. The molecule has 0 spiro atoms. The van der Waals surface area contributed by atoms with Gasteiger partial charge in [0.1, 0.15) is 11.6 Å². The fourth-order valence-electron chi connectivity index (χ4n) is 4.15. The lowest BCUT2D eigenvalue weighted by Crippen LogP contribution is -2.48. The molecule has 0 saturated carbocycles. The number of nitrogens with zero attached hydrogens (tertiary/aromatic N) is 1. The van der Waals surface area contributed by atoms with Crippen LogP contribution in [0.15, 0.2) is 18.2 Å². The number of benzene rings is 1. The number of carboxylic acids is 1. The highest BCUT2D eigenvalue weighted by Crippen LogP contribution is 2.53. The highest BCUT2D eigenvalue weighted by molar-refractivity contribution is 5.91. The monoisotopic (exact) mass is 433 g/mol. The molecule has 0 radical (unpaired) electrons. The lowest BCUT2D eigenvalue weighted by Gasteiger charge is -2.38. The maximum absolute atomic E-state index is 13.4. The average molecular weight is 434 g/mol. The number of carbonyl (C=O) groups is 3. The van der Waals surface area contributed by atoms with Gasteiger partial charge >= 0.3 is 11.9 Å². The Morgan fingerprint density at radius 1 is 1.10 bits per heavy atom. The molecule has 1 amide bonds. The van der Waals surface area contributed by atoms with Crippen LogP contribution in [-0.4, -0.2) is 46.3 Å². The number of esters is 1. The summed E-state index contributed by atoms with van der Waals surface area (Å²) in [6.07, 6.45) is -0.0574. The third-order valence-electron chi connectivity index (χ3n) is 5.57. The topological polar surface area (TPSA) is 102 Å². The zero-order valence-corrected chi connectivity index (χ0v) is 19.1. The number of amides is 1. The first-order chi connectivity index (χ1) is 14.1. The molecule has 0 aromatic heterocycles. The maximum Gasteiger partial charge on any atom is 0.326 e. The molecule has 0 bridgehead atoms. The van der Waals surface area contributed by atoms with E-state index in [1.54, 1.807) is 66.7 Å². The summed E-state index contributed by atoms with van der Waals surface area (Å²) < 4.78 is 16.6. The molecular weight excluding hydrogens is 402 g/mol. The van der Waals surface area contributed by atoms with Gasteiger partial charge in [-0.15, -0.1) is 0 Å². The van der Waals surface area contributed by atoms with E-state index in [2.05, 4.69) is 0 Å². The van der Waals surface area contributed by atoms with Crippen LogP contribution in [0.1, 0.15) is 66.5 Å². The second-order valence-electron chi connectivity index (χ2n) is 10.5. The second-order valence-corrected chi connectivity index (χ2v) is 10.5. The first-order valence-corrected chi connectivity index (χ1v) is 10.3. The Bertz CT molecular complexity index is 911. The minimum atomic E-state index is -1.27. The van der Waals surface area contributed by atoms with Gasteiger partial charge in [-0.3, -0.25) is 9.59 Å². The van der Waals surface area contributed by atoms with Crippen molar-refractivity contribution in [1.29, 1.82) is 0 Å². The Balaban J connectivity index is 2.18. The number of hydrogen-bond donors (Lipinski definition) is 1. The zero-order chi connectivity index (χ0) is 23.4. The van der Waals surface area contributed by atoms with Crippen LogP contribution < -0.4 is 9.47 Å². The van der Waals surface area contributed by atoms with E-state index < -0.39 is 40.5 Å². The molecule has 8 heteroatoms. The van der Waals surface area contributed by atoms with Crippen LogP contribution in [0.2, 0.25) is 0 Å². The number of aliphatic carboxylic acids is 1. The third kappa shape index (κ3) is 4.20. The molecule has 1 saturated heterocycles. The minimum Gasteiger partial charge on any atom is -0.480 e. The quantitative estimate of drug-likeness (QED) is 0.728. The third-order valence-corrected chi connectivity index (χ3v) is 5.57. The van der Waals surface area contributed by atoms with Crippen LogP contribution >= 0.6 is 0 Å². The van der Waals surface area contributed by atoms with Gasteiger partial charge in [-0.1, -0.05) is 26.8 Å². The van der Waals surface area contributed by atoms with Gasteiger partial charge in [-0.05, 0) is 51.8 Å². The molecule has 1 N–H and O–H groups in total. The summed E-state index contributed by atoms with van der Waals surface area (Å²) in [6.45, 7) is 12.2. The molecule has 1 fully saturated rings. The molecule has 2 aliphatic heterocycles. The second kappa shape index (κ2) is 7.43. The fourth-order valence-corrected chi connectivity index (χ4v) is 4.15. The van der Waals surface area contributed by atoms with Gasteiger partial charge in [0.05, 0.1) is 11.5 Å². The van der Waals surface area contributed by atoms with E-state index in [-0.39, 0.29) is 19.1 Å². The van der Waals surface area contributed by atoms with Crippen molar-refractivity contribution >= 4 is 17.8 Å². The fraction of sp³-hybridized carbons (Fsp3) is 0.609. The number of carboxylic acid groups (broad SMARTS) is 1. The number of carbonyl (C=O) groups excluding carboxylic acids is 2. The first-order valence-electron chi connectivity index (χ1n) is 10.3. The highest BCUT2D eigenvalue weighted by Gasteiger charge is 2.60. The van der Waals surface area contributed by atoms with Gasteiger partial charge in [0.15, 0.2) is 11.5 Å². The summed E-state index contributed by atoms with van der Waals surface area (Å²) in [4.78, 5) is 40.4. The van der Waals surface area contributed by atoms with Crippen molar-refractivity contribution in [2.45, 2.75) is 72.6 Å². The predicted molar refractivity (Wildman–Crippen MR) is 112 cm³/mol. The summed E-state index contributed by atoms with van der Waals surface area (Å²) >= 11 is 0. The van der Waals surface area contributed by atoms with E-state index in [0.717, 1.165) is 0 Å².